The lowest BCUT2D eigenvalue weighted by molar-refractivity contribution is 0.424. The molecule has 0 unspecified atom stereocenters. The first-order chi connectivity index (χ1) is 14.2. The number of nitrogens with one attached hydrogen (secondary N) is 2. The standard InChI is InChI=1S/C24H21N3O2/c28-23-18(11-15-13-27-10-4-6-14-5-3-8-16(15)22(14)27)21(24(29)26-23)19-12-25-20-9-2-1-7-17(19)20/h1-3,5,7-9,12-13,25-26,28-29H,4,6,10-11H2. The van der Waals surface area contributed by atoms with Crippen LogP contribution in [0.3, 0.4) is 0 Å². The molecule has 0 radical (unpaired) electrons. The topological polar surface area (TPSA) is 77.0 Å². The Bertz CT molecular complexity index is 1390. The number of aryl methyl sites for hydroxylation is 2. The van der Waals surface area contributed by atoms with Crippen molar-refractivity contribution in [3.05, 3.63) is 71.5 Å². The Kier molecular flexibility index (Phi) is 3.36. The van der Waals surface area contributed by atoms with Gasteiger partial charge in [-0.2, -0.15) is 0 Å². The van der Waals surface area contributed by atoms with Crippen LogP contribution in [0.1, 0.15) is 23.1 Å². The monoisotopic (exact) mass is 383 g/mol. The molecule has 5 heteroatoms. The molecule has 5 aromatic rings. The molecule has 0 amide bonds. The second kappa shape index (κ2) is 5.95. The number of para-hydroxylation sites is 2. The van der Waals surface area contributed by atoms with Crippen molar-refractivity contribution < 1.29 is 10.2 Å². The summed E-state index contributed by atoms with van der Waals surface area (Å²) in [7, 11) is 0. The predicted octanol–water partition coefficient (Wildman–Crippen LogP) is 5.07. The number of nitrogens with zero attached hydrogens (tertiary/aromatic N) is 1. The fourth-order valence-electron chi connectivity index (χ4n) is 4.91. The van der Waals surface area contributed by atoms with E-state index in [2.05, 4.69) is 38.9 Å². The van der Waals surface area contributed by atoms with Crippen molar-refractivity contribution in [2.24, 2.45) is 0 Å². The van der Waals surface area contributed by atoms with E-state index < -0.39 is 0 Å². The Morgan fingerprint density at radius 1 is 0.966 bits per heavy atom. The van der Waals surface area contributed by atoms with Gasteiger partial charge in [-0.1, -0.05) is 36.4 Å². The van der Waals surface area contributed by atoms with E-state index in [-0.39, 0.29) is 11.8 Å². The van der Waals surface area contributed by atoms with Gasteiger partial charge in [-0.3, -0.25) is 4.98 Å². The van der Waals surface area contributed by atoms with Crippen LogP contribution in [0.5, 0.6) is 11.8 Å². The van der Waals surface area contributed by atoms with Gasteiger partial charge >= 0.3 is 0 Å². The maximum Gasteiger partial charge on any atom is 0.199 e. The summed E-state index contributed by atoms with van der Waals surface area (Å²) in [6, 6.07) is 14.5. The van der Waals surface area contributed by atoms with Crippen molar-refractivity contribution in [1.29, 1.82) is 0 Å². The van der Waals surface area contributed by atoms with Gasteiger partial charge in [0.1, 0.15) is 0 Å². The molecule has 2 aromatic carbocycles. The smallest absolute Gasteiger partial charge is 0.199 e. The SMILES string of the molecule is Oc1[nH]c(O)c(-c2c[nH]c3ccccc23)c1Cc1cn2c3c(cccc13)CCC2. The number of fused-ring (bicyclic) bond motifs is 1. The third-order valence-electron chi connectivity index (χ3n) is 6.20. The van der Waals surface area contributed by atoms with Gasteiger partial charge in [0.25, 0.3) is 0 Å². The highest BCUT2D eigenvalue weighted by molar-refractivity contribution is 5.98. The molecule has 6 rings (SSSR count). The number of benzene rings is 2. The largest absolute Gasteiger partial charge is 0.494 e. The van der Waals surface area contributed by atoms with Gasteiger partial charge in [0.05, 0.1) is 11.1 Å². The van der Waals surface area contributed by atoms with Crippen molar-refractivity contribution >= 4 is 21.8 Å². The summed E-state index contributed by atoms with van der Waals surface area (Å²) in [4.78, 5) is 5.99. The maximum atomic E-state index is 10.6. The van der Waals surface area contributed by atoms with Gasteiger partial charge in [0.15, 0.2) is 11.8 Å². The molecule has 0 saturated heterocycles. The average Bonchev–Trinajstić information content (AvgIpc) is 3.38. The number of hydrogen-bond acceptors (Lipinski definition) is 2. The maximum absolute atomic E-state index is 10.6. The molecule has 0 saturated carbocycles. The highest BCUT2D eigenvalue weighted by atomic mass is 16.3. The summed E-state index contributed by atoms with van der Waals surface area (Å²) in [6.07, 6.45) is 6.90. The predicted molar refractivity (Wildman–Crippen MR) is 114 cm³/mol. The van der Waals surface area contributed by atoms with Gasteiger partial charge in [-0.25, -0.2) is 0 Å². The van der Waals surface area contributed by atoms with Crippen LogP contribution in [0, 0.1) is 0 Å². The van der Waals surface area contributed by atoms with Crippen LogP contribution >= 0.6 is 0 Å². The Morgan fingerprint density at radius 2 is 1.83 bits per heavy atom. The third kappa shape index (κ3) is 2.34. The molecule has 3 aromatic heterocycles. The number of hydrogen-bond donors (Lipinski definition) is 4. The van der Waals surface area contributed by atoms with Gasteiger partial charge < -0.3 is 19.8 Å². The van der Waals surface area contributed by atoms with Crippen molar-refractivity contribution in [3.8, 4) is 22.9 Å². The van der Waals surface area contributed by atoms with E-state index in [9.17, 15) is 10.2 Å². The molecule has 0 fully saturated rings. The molecule has 29 heavy (non-hydrogen) atoms. The zero-order chi connectivity index (χ0) is 19.5. The van der Waals surface area contributed by atoms with E-state index in [1.807, 2.05) is 30.5 Å². The first-order valence-corrected chi connectivity index (χ1v) is 9.99. The van der Waals surface area contributed by atoms with Crippen molar-refractivity contribution in [1.82, 2.24) is 14.5 Å². The number of aromatic hydroxyl groups is 2. The number of aromatic nitrogens is 3. The number of aromatic amines is 2. The summed E-state index contributed by atoms with van der Waals surface area (Å²) in [5.41, 5.74) is 7.13. The first-order valence-electron chi connectivity index (χ1n) is 9.99. The highest BCUT2D eigenvalue weighted by Crippen LogP contribution is 2.43. The minimum absolute atomic E-state index is 0.00371. The molecule has 4 heterocycles. The van der Waals surface area contributed by atoms with Crippen molar-refractivity contribution in [2.45, 2.75) is 25.8 Å². The summed E-state index contributed by atoms with van der Waals surface area (Å²) >= 11 is 0. The molecule has 0 atom stereocenters. The Hall–Kier alpha value is -3.60. The molecule has 5 nitrogen and oxygen atoms in total. The van der Waals surface area contributed by atoms with Crippen LogP contribution in [0.15, 0.2) is 54.9 Å². The Balaban J connectivity index is 1.53. The Morgan fingerprint density at radius 3 is 2.76 bits per heavy atom. The molecule has 4 N–H and O–H groups in total. The van der Waals surface area contributed by atoms with Crippen LogP contribution in [0.25, 0.3) is 32.9 Å². The summed E-state index contributed by atoms with van der Waals surface area (Å²) in [5.74, 6) is 0.0192. The third-order valence-corrected chi connectivity index (χ3v) is 6.20. The van der Waals surface area contributed by atoms with Gasteiger partial charge in [-0.05, 0) is 30.0 Å². The normalized spacial score (nSPS) is 13.5. The molecule has 1 aliphatic heterocycles. The number of H-pyrrole nitrogens is 2. The lowest BCUT2D eigenvalue weighted by Crippen LogP contribution is -2.05. The lowest BCUT2D eigenvalue weighted by atomic mass is 9.96. The van der Waals surface area contributed by atoms with Crippen LogP contribution in [-0.4, -0.2) is 24.7 Å². The lowest BCUT2D eigenvalue weighted by Gasteiger charge is -2.14. The Labute approximate surface area is 167 Å². The molecular formula is C24H21N3O2. The summed E-state index contributed by atoms with van der Waals surface area (Å²) in [5, 5.41) is 23.5. The summed E-state index contributed by atoms with van der Waals surface area (Å²) < 4.78 is 2.33. The molecule has 144 valence electrons. The number of rotatable bonds is 3. The molecule has 0 bridgehead atoms. The van der Waals surface area contributed by atoms with E-state index in [1.165, 1.54) is 22.0 Å². The fraction of sp³-hybridized carbons (Fsp3) is 0.167. The highest BCUT2D eigenvalue weighted by Gasteiger charge is 2.23. The van der Waals surface area contributed by atoms with E-state index in [0.717, 1.165) is 41.4 Å². The van der Waals surface area contributed by atoms with Crippen molar-refractivity contribution in [3.63, 3.8) is 0 Å². The van der Waals surface area contributed by atoms with Crippen molar-refractivity contribution in [2.75, 3.05) is 0 Å². The molecule has 1 aliphatic rings. The summed E-state index contributed by atoms with van der Waals surface area (Å²) in [6.45, 7) is 1.02. The second-order valence-electron chi connectivity index (χ2n) is 7.87. The fourth-order valence-corrected chi connectivity index (χ4v) is 4.91. The first kappa shape index (κ1) is 16.4. The van der Waals surface area contributed by atoms with Gasteiger partial charge in [-0.15, -0.1) is 0 Å². The molecular weight excluding hydrogens is 362 g/mol. The van der Waals surface area contributed by atoms with E-state index >= 15 is 0 Å². The van der Waals surface area contributed by atoms with E-state index in [0.29, 0.717) is 12.0 Å². The molecule has 0 spiro atoms. The van der Waals surface area contributed by atoms with Crippen LogP contribution < -0.4 is 0 Å². The zero-order valence-corrected chi connectivity index (χ0v) is 15.9. The molecule has 0 aliphatic carbocycles. The van der Waals surface area contributed by atoms with E-state index in [1.54, 1.807) is 0 Å². The average molecular weight is 383 g/mol. The van der Waals surface area contributed by atoms with Crippen LogP contribution in [0.2, 0.25) is 0 Å². The quantitative estimate of drug-likeness (QED) is 0.351. The van der Waals surface area contributed by atoms with Gasteiger partial charge in [0.2, 0.25) is 0 Å². The minimum atomic E-state index is -0.00371. The van der Waals surface area contributed by atoms with Gasteiger partial charge in [0, 0.05) is 52.8 Å². The van der Waals surface area contributed by atoms with Crippen LogP contribution in [-0.2, 0) is 19.4 Å². The zero-order valence-electron chi connectivity index (χ0n) is 15.9. The van der Waals surface area contributed by atoms with Crippen LogP contribution in [0.4, 0.5) is 0 Å². The minimum Gasteiger partial charge on any atom is -0.494 e. The second-order valence-corrected chi connectivity index (χ2v) is 7.87. The van der Waals surface area contributed by atoms with E-state index in [4.69, 9.17) is 0 Å².